The summed E-state index contributed by atoms with van der Waals surface area (Å²) in [6, 6.07) is 18.7. The van der Waals surface area contributed by atoms with E-state index in [1.165, 1.54) is 4.90 Å². The van der Waals surface area contributed by atoms with E-state index in [2.05, 4.69) is 0 Å². The van der Waals surface area contributed by atoms with Crippen molar-refractivity contribution in [3.05, 3.63) is 71.8 Å². The first kappa shape index (κ1) is 26.0. The van der Waals surface area contributed by atoms with Crippen LogP contribution < -0.4 is 11.5 Å². The van der Waals surface area contributed by atoms with Crippen LogP contribution in [0.15, 0.2) is 60.7 Å². The maximum Gasteiger partial charge on any atom is 0.410 e. The van der Waals surface area contributed by atoms with Gasteiger partial charge in [0.15, 0.2) is 0 Å². The number of amides is 3. The van der Waals surface area contributed by atoms with Gasteiger partial charge in [-0.3, -0.25) is 9.69 Å². The highest BCUT2D eigenvalue weighted by molar-refractivity contribution is 5.84. The maximum absolute atomic E-state index is 11.8. The summed E-state index contributed by atoms with van der Waals surface area (Å²) in [7, 11) is 0. The Morgan fingerprint density at radius 2 is 1.26 bits per heavy atom. The molecule has 4 N–H and O–H groups in total. The lowest BCUT2D eigenvalue weighted by atomic mass is 10.2. The quantitative estimate of drug-likeness (QED) is 0.651. The van der Waals surface area contributed by atoms with Gasteiger partial charge in [0.1, 0.15) is 19.3 Å². The Bertz CT molecular complexity index is 957. The average molecular weight is 483 g/mol. The molecule has 0 spiro atoms. The van der Waals surface area contributed by atoms with Crippen LogP contribution in [0.3, 0.4) is 0 Å². The number of nitrogens with zero attached hydrogens (tertiary/aromatic N) is 2. The third-order valence-corrected chi connectivity index (χ3v) is 6.11. The second kappa shape index (κ2) is 13.3. The SMILES string of the molecule is NC(=O)[C@@H]1CCCN1C(=O)OCc1ccccc1.NC[C@@H]1CCCN1C(=O)OCc1ccccc1. The molecule has 9 heteroatoms. The summed E-state index contributed by atoms with van der Waals surface area (Å²) in [6.07, 6.45) is 2.69. The smallest absolute Gasteiger partial charge is 0.410 e. The molecule has 2 aromatic carbocycles. The highest BCUT2D eigenvalue weighted by Gasteiger charge is 2.33. The van der Waals surface area contributed by atoms with Crippen molar-refractivity contribution < 1.29 is 23.9 Å². The number of benzene rings is 2. The molecule has 2 fully saturated rings. The molecule has 0 saturated carbocycles. The van der Waals surface area contributed by atoms with Crippen molar-refractivity contribution in [2.24, 2.45) is 11.5 Å². The van der Waals surface area contributed by atoms with E-state index < -0.39 is 18.0 Å². The largest absolute Gasteiger partial charge is 0.445 e. The zero-order chi connectivity index (χ0) is 25.0. The summed E-state index contributed by atoms with van der Waals surface area (Å²) in [6.45, 7) is 2.34. The van der Waals surface area contributed by atoms with Crippen molar-refractivity contribution in [1.29, 1.82) is 0 Å². The molecule has 2 aliphatic heterocycles. The summed E-state index contributed by atoms with van der Waals surface area (Å²) in [4.78, 5) is 38.0. The van der Waals surface area contributed by atoms with Gasteiger partial charge in [-0.15, -0.1) is 0 Å². The van der Waals surface area contributed by atoms with Crippen LogP contribution in [0.1, 0.15) is 36.8 Å². The van der Waals surface area contributed by atoms with E-state index in [1.807, 2.05) is 60.7 Å². The molecule has 2 heterocycles. The Morgan fingerprint density at radius 3 is 1.77 bits per heavy atom. The van der Waals surface area contributed by atoms with Gasteiger partial charge in [0.25, 0.3) is 0 Å². The molecular weight excluding hydrogens is 448 g/mol. The number of likely N-dealkylation sites (tertiary alicyclic amines) is 2. The fraction of sp³-hybridized carbons (Fsp3) is 0.423. The second-order valence-corrected chi connectivity index (χ2v) is 8.56. The topological polar surface area (TPSA) is 128 Å². The lowest BCUT2D eigenvalue weighted by Gasteiger charge is -2.22. The van der Waals surface area contributed by atoms with E-state index >= 15 is 0 Å². The molecule has 0 radical (unpaired) electrons. The summed E-state index contributed by atoms with van der Waals surface area (Å²) < 4.78 is 10.4. The predicted octanol–water partition coefficient (Wildman–Crippen LogP) is 3.02. The first-order valence-corrected chi connectivity index (χ1v) is 11.9. The van der Waals surface area contributed by atoms with E-state index in [4.69, 9.17) is 20.9 Å². The van der Waals surface area contributed by atoms with Gasteiger partial charge in [0.2, 0.25) is 5.91 Å². The Balaban J connectivity index is 0.000000196. The van der Waals surface area contributed by atoms with Crippen LogP contribution in [0.2, 0.25) is 0 Å². The van der Waals surface area contributed by atoms with Crippen LogP contribution in [-0.4, -0.2) is 59.6 Å². The van der Waals surface area contributed by atoms with Crippen molar-refractivity contribution in [1.82, 2.24) is 9.80 Å². The number of carbonyl (C=O) groups is 3. The molecule has 3 amide bonds. The van der Waals surface area contributed by atoms with Gasteiger partial charge >= 0.3 is 12.2 Å². The summed E-state index contributed by atoms with van der Waals surface area (Å²) in [5.74, 6) is -0.468. The minimum Gasteiger partial charge on any atom is -0.445 e. The number of hydrogen-bond donors (Lipinski definition) is 2. The molecule has 2 atom stereocenters. The maximum atomic E-state index is 11.8. The Labute approximate surface area is 206 Å². The van der Waals surface area contributed by atoms with Crippen LogP contribution in [-0.2, 0) is 27.5 Å². The molecule has 0 bridgehead atoms. The molecular formula is C26H34N4O5. The average Bonchev–Trinajstić information content (AvgIpc) is 3.58. The van der Waals surface area contributed by atoms with Crippen molar-refractivity contribution in [2.45, 2.75) is 51.0 Å². The fourth-order valence-corrected chi connectivity index (χ4v) is 4.21. The molecule has 35 heavy (non-hydrogen) atoms. The molecule has 2 aromatic rings. The summed E-state index contributed by atoms with van der Waals surface area (Å²) in [5.41, 5.74) is 12.8. The van der Waals surface area contributed by atoms with Crippen LogP contribution in [0.25, 0.3) is 0 Å². The minimum atomic E-state index is -0.520. The first-order valence-electron chi connectivity index (χ1n) is 11.9. The molecule has 4 rings (SSSR count). The number of rotatable bonds is 6. The normalized spacial score (nSPS) is 19.0. The number of primary amides is 1. The lowest BCUT2D eigenvalue weighted by Crippen LogP contribution is -2.43. The predicted molar refractivity (Wildman–Crippen MR) is 131 cm³/mol. The van der Waals surface area contributed by atoms with Gasteiger partial charge in [0.05, 0.1) is 0 Å². The number of ether oxygens (including phenoxy) is 2. The number of carbonyl (C=O) groups excluding carboxylic acids is 3. The van der Waals surface area contributed by atoms with Gasteiger partial charge in [0, 0.05) is 25.7 Å². The summed E-state index contributed by atoms with van der Waals surface area (Å²) in [5, 5.41) is 0. The standard InChI is InChI=1S/C13H16N2O3.C13H18N2O2/c14-12(16)11-7-4-8-15(11)13(17)18-9-10-5-2-1-3-6-10;14-9-12-7-4-8-15(12)13(16)17-10-11-5-2-1-3-6-11/h1-3,5-6,11H,4,7-9H2,(H2,14,16);1-3,5-6,12H,4,7-10,14H2/t11-;12-/m00/s1. The number of nitrogens with two attached hydrogens (primary N) is 2. The molecule has 188 valence electrons. The third kappa shape index (κ3) is 7.71. The van der Waals surface area contributed by atoms with Crippen LogP contribution in [0, 0.1) is 0 Å². The molecule has 0 aromatic heterocycles. The van der Waals surface area contributed by atoms with E-state index in [9.17, 15) is 14.4 Å². The Morgan fingerprint density at radius 1 is 0.771 bits per heavy atom. The molecule has 2 aliphatic rings. The monoisotopic (exact) mass is 482 g/mol. The van der Waals surface area contributed by atoms with Gasteiger partial charge in [-0.1, -0.05) is 60.7 Å². The Kier molecular flexibility index (Phi) is 9.92. The zero-order valence-corrected chi connectivity index (χ0v) is 19.9. The fourth-order valence-electron chi connectivity index (χ4n) is 4.21. The van der Waals surface area contributed by atoms with Gasteiger partial charge in [-0.25, -0.2) is 9.59 Å². The third-order valence-electron chi connectivity index (χ3n) is 6.11. The van der Waals surface area contributed by atoms with Crippen LogP contribution in [0.4, 0.5) is 9.59 Å². The lowest BCUT2D eigenvalue weighted by molar-refractivity contribution is -0.121. The molecule has 2 saturated heterocycles. The van der Waals surface area contributed by atoms with Gasteiger partial charge < -0.3 is 25.8 Å². The van der Waals surface area contributed by atoms with Crippen molar-refractivity contribution in [3.8, 4) is 0 Å². The molecule has 9 nitrogen and oxygen atoms in total. The van der Waals surface area contributed by atoms with Crippen molar-refractivity contribution in [2.75, 3.05) is 19.6 Å². The first-order chi connectivity index (χ1) is 17.0. The minimum absolute atomic E-state index is 0.151. The summed E-state index contributed by atoms with van der Waals surface area (Å²) >= 11 is 0. The van der Waals surface area contributed by atoms with Crippen LogP contribution in [0.5, 0.6) is 0 Å². The zero-order valence-electron chi connectivity index (χ0n) is 19.9. The van der Waals surface area contributed by atoms with Crippen LogP contribution >= 0.6 is 0 Å². The van der Waals surface area contributed by atoms with E-state index in [-0.39, 0.29) is 18.7 Å². The van der Waals surface area contributed by atoms with Crippen molar-refractivity contribution in [3.63, 3.8) is 0 Å². The highest BCUT2D eigenvalue weighted by Crippen LogP contribution is 2.19. The van der Waals surface area contributed by atoms with E-state index in [0.29, 0.717) is 26.1 Å². The Hall–Kier alpha value is -3.59. The number of hydrogen-bond acceptors (Lipinski definition) is 6. The molecule has 0 aliphatic carbocycles. The van der Waals surface area contributed by atoms with Crippen molar-refractivity contribution >= 4 is 18.1 Å². The van der Waals surface area contributed by atoms with Gasteiger partial charge in [-0.2, -0.15) is 0 Å². The van der Waals surface area contributed by atoms with Gasteiger partial charge in [-0.05, 0) is 36.8 Å². The highest BCUT2D eigenvalue weighted by atomic mass is 16.6. The van der Waals surface area contributed by atoms with E-state index in [0.717, 1.165) is 36.9 Å². The second-order valence-electron chi connectivity index (χ2n) is 8.56. The molecule has 0 unspecified atom stereocenters. The van der Waals surface area contributed by atoms with E-state index in [1.54, 1.807) is 4.90 Å².